The standard InChI is InChI=1S/C14H20ClN3O2/c1-4-16-13-8-10(7-12(15)17-13)14(19)18(3)11-5-6-20-9(11)2/h7-9,11H,4-6H2,1-3H3,(H,16,17). The van der Waals surface area contributed by atoms with Crippen LogP contribution >= 0.6 is 11.6 Å². The lowest BCUT2D eigenvalue weighted by atomic mass is 10.1. The summed E-state index contributed by atoms with van der Waals surface area (Å²) >= 11 is 5.98. The Kier molecular flexibility index (Phi) is 4.83. The van der Waals surface area contributed by atoms with Crippen LogP contribution in [0.5, 0.6) is 0 Å². The maximum Gasteiger partial charge on any atom is 0.254 e. The van der Waals surface area contributed by atoms with Gasteiger partial charge in [-0.05, 0) is 32.4 Å². The summed E-state index contributed by atoms with van der Waals surface area (Å²) in [6.45, 7) is 5.38. The van der Waals surface area contributed by atoms with Crippen LogP contribution in [0.25, 0.3) is 0 Å². The number of hydrogen-bond donors (Lipinski definition) is 1. The molecule has 1 aromatic rings. The van der Waals surface area contributed by atoms with Crippen LogP contribution < -0.4 is 5.32 Å². The quantitative estimate of drug-likeness (QED) is 0.867. The number of anilines is 1. The van der Waals surface area contributed by atoms with Crippen LogP contribution in [0.3, 0.4) is 0 Å². The molecular weight excluding hydrogens is 278 g/mol. The molecule has 110 valence electrons. The van der Waals surface area contributed by atoms with Crippen molar-refractivity contribution < 1.29 is 9.53 Å². The van der Waals surface area contributed by atoms with E-state index in [2.05, 4.69) is 10.3 Å². The number of halogens is 1. The minimum atomic E-state index is -0.0594. The predicted molar refractivity (Wildman–Crippen MR) is 79.3 cm³/mol. The maximum absolute atomic E-state index is 12.5. The molecule has 1 fully saturated rings. The molecule has 0 saturated carbocycles. The molecule has 2 heterocycles. The van der Waals surface area contributed by atoms with Crippen LogP contribution in [0.4, 0.5) is 5.82 Å². The molecule has 0 bridgehead atoms. The van der Waals surface area contributed by atoms with Crippen molar-refractivity contribution in [2.45, 2.75) is 32.4 Å². The number of carbonyl (C=O) groups excluding carboxylic acids is 1. The first-order valence-corrected chi connectivity index (χ1v) is 7.21. The van der Waals surface area contributed by atoms with Gasteiger partial charge in [-0.1, -0.05) is 11.6 Å². The number of aromatic nitrogens is 1. The highest BCUT2D eigenvalue weighted by Gasteiger charge is 2.31. The fourth-order valence-corrected chi connectivity index (χ4v) is 2.68. The Morgan fingerprint density at radius 2 is 2.35 bits per heavy atom. The van der Waals surface area contributed by atoms with E-state index in [0.717, 1.165) is 13.0 Å². The smallest absolute Gasteiger partial charge is 0.254 e. The van der Waals surface area contributed by atoms with E-state index in [0.29, 0.717) is 23.1 Å². The third kappa shape index (κ3) is 3.22. The molecule has 0 spiro atoms. The van der Waals surface area contributed by atoms with Crippen molar-refractivity contribution in [3.8, 4) is 0 Å². The summed E-state index contributed by atoms with van der Waals surface area (Å²) in [5, 5.41) is 3.39. The third-order valence-corrected chi connectivity index (χ3v) is 3.75. The van der Waals surface area contributed by atoms with Crippen LogP contribution in [0, 0.1) is 0 Å². The zero-order valence-corrected chi connectivity index (χ0v) is 12.8. The first-order chi connectivity index (χ1) is 9.52. The SMILES string of the molecule is CCNc1cc(C(=O)N(C)C2CCOC2C)cc(Cl)n1. The first kappa shape index (κ1) is 15.1. The van der Waals surface area contributed by atoms with E-state index < -0.39 is 0 Å². The Morgan fingerprint density at radius 3 is 2.95 bits per heavy atom. The molecule has 2 unspecified atom stereocenters. The predicted octanol–water partition coefficient (Wildman–Crippen LogP) is 2.42. The summed E-state index contributed by atoms with van der Waals surface area (Å²) in [6.07, 6.45) is 0.928. The van der Waals surface area contributed by atoms with Gasteiger partial charge < -0.3 is 15.0 Å². The van der Waals surface area contributed by atoms with Crippen LogP contribution in [-0.4, -0.2) is 48.1 Å². The van der Waals surface area contributed by atoms with Crippen molar-refractivity contribution in [1.82, 2.24) is 9.88 Å². The zero-order chi connectivity index (χ0) is 14.7. The molecule has 0 aromatic carbocycles. The average molecular weight is 298 g/mol. The second kappa shape index (κ2) is 6.41. The van der Waals surface area contributed by atoms with Gasteiger partial charge in [-0.25, -0.2) is 4.98 Å². The molecule has 2 atom stereocenters. The second-order valence-electron chi connectivity index (χ2n) is 4.94. The summed E-state index contributed by atoms with van der Waals surface area (Å²) in [5.41, 5.74) is 0.544. The number of pyridine rings is 1. The van der Waals surface area contributed by atoms with E-state index in [1.54, 1.807) is 24.1 Å². The number of likely N-dealkylation sites (N-methyl/N-ethyl adjacent to an activating group) is 1. The lowest BCUT2D eigenvalue weighted by Crippen LogP contribution is -2.41. The molecule has 1 N–H and O–H groups in total. The average Bonchev–Trinajstić information content (AvgIpc) is 2.83. The van der Waals surface area contributed by atoms with E-state index in [1.165, 1.54) is 0 Å². The number of carbonyl (C=O) groups is 1. The third-order valence-electron chi connectivity index (χ3n) is 3.55. The Bertz CT molecular complexity index is 495. The Morgan fingerprint density at radius 1 is 1.60 bits per heavy atom. The number of rotatable bonds is 4. The number of nitrogens with zero attached hydrogens (tertiary/aromatic N) is 2. The lowest BCUT2D eigenvalue weighted by molar-refractivity contribution is 0.0574. The summed E-state index contributed by atoms with van der Waals surface area (Å²) in [4.78, 5) is 18.4. The summed E-state index contributed by atoms with van der Waals surface area (Å²) in [7, 11) is 1.80. The highest BCUT2D eigenvalue weighted by Crippen LogP contribution is 2.22. The fourth-order valence-electron chi connectivity index (χ4n) is 2.48. The van der Waals surface area contributed by atoms with Gasteiger partial charge >= 0.3 is 0 Å². The monoisotopic (exact) mass is 297 g/mol. The van der Waals surface area contributed by atoms with Gasteiger partial charge in [0.25, 0.3) is 5.91 Å². The van der Waals surface area contributed by atoms with Crippen molar-refractivity contribution in [3.63, 3.8) is 0 Å². The van der Waals surface area contributed by atoms with Gasteiger partial charge in [0, 0.05) is 25.8 Å². The minimum Gasteiger partial charge on any atom is -0.376 e. The highest BCUT2D eigenvalue weighted by molar-refractivity contribution is 6.29. The zero-order valence-electron chi connectivity index (χ0n) is 12.0. The molecule has 1 aromatic heterocycles. The normalized spacial score (nSPS) is 21.8. The Hall–Kier alpha value is -1.33. The largest absolute Gasteiger partial charge is 0.376 e. The van der Waals surface area contributed by atoms with Gasteiger partial charge in [-0.15, -0.1) is 0 Å². The lowest BCUT2D eigenvalue weighted by Gasteiger charge is -2.27. The van der Waals surface area contributed by atoms with E-state index in [4.69, 9.17) is 16.3 Å². The van der Waals surface area contributed by atoms with E-state index in [-0.39, 0.29) is 18.1 Å². The van der Waals surface area contributed by atoms with Crippen LogP contribution in [0.15, 0.2) is 12.1 Å². The Labute approximate surface area is 124 Å². The van der Waals surface area contributed by atoms with Crippen molar-refractivity contribution in [1.29, 1.82) is 0 Å². The van der Waals surface area contributed by atoms with Crippen molar-refractivity contribution in [2.24, 2.45) is 0 Å². The van der Waals surface area contributed by atoms with Gasteiger partial charge in [0.2, 0.25) is 0 Å². The molecule has 0 radical (unpaired) electrons. The van der Waals surface area contributed by atoms with E-state index in [1.807, 2.05) is 13.8 Å². The van der Waals surface area contributed by atoms with E-state index in [9.17, 15) is 4.79 Å². The second-order valence-corrected chi connectivity index (χ2v) is 5.33. The van der Waals surface area contributed by atoms with Gasteiger partial charge in [0.1, 0.15) is 11.0 Å². The van der Waals surface area contributed by atoms with Gasteiger partial charge in [0.15, 0.2) is 0 Å². The molecule has 0 aliphatic carbocycles. The van der Waals surface area contributed by atoms with Gasteiger partial charge in [-0.3, -0.25) is 4.79 Å². The first-order valence-electron chi connectivity index (χ1n) is 6.83. The number of ether oxygens (including phenoxy) is 1. The maximum atomic E-state index is 12.5. The molecule has 20 heavy (non-hydrogen) atoms. The number of hydrogen-bond acceptors (Lipinski definition) is 4. The van der Waals surface area contributed by atoms with Crippen LogP contribution in [0.2, 0.25) is 5.15 Å². The fraction of sp³-hybridized carbons (Fsp3) is 0.571. The van der Waals surface area contributed by atoms with Crippen LogP contribution in [0.1, 0.15) is 30.6 Å². The summed E-state index contributed by atoms with van der Waals surface area (Å²) in [5.74, 6) is 0.559. The topological polar surface area (TPSA) is 54.5 Å². The van der Waals surface area contributed by atoms with Gasteiger partial charge in [0.05, 0.1) is 12.1 Å². The number of amides is 1. The minimum absolute atomic E-state index is 0.0594. The molecular formula is C14H20ClN3O2. The molecule has 6 heteroatoms. The molecule has 1 amide bonds. The summed E-state index contributed by atoms with van der Waals surface area (Å²) in [6, 6.07) is 3.44. The van der Waals surface area contributed by atoms with Crippen LogP contribution in [-0.2, 0) is 4.74 Å². The molecule has 1 aliphatic rings. The van der Waals surface area contributed by atoms with E-state index >= 15 is 0 Å². The van der Waals surface area contributed by atoms with Crippen molar-refractivity contribution in [3.05, 3.63) is 22.8 Å². The van der Waals surface area contributed by atoms with Gasteiger partial charge in [-0.2, -0.15) is 0 Å². The molecule has 5 nitrogen and oxygen atoms in total. The number of nitrogens with one attached hydrogen (secondary N) is 1. The summed E-state index contributed by atoms with van der Waals surface area (Å²) < 4.78 is 5.51. The Balaban J connectivity index is 2.19. The van der Waals surface area contributed by atoms with Crippen molar-refractivity contribution in [2.75, 3.05) is 25.5 Å². The molecule has 1 aliphatic heterocycles. The van der Waals surface area contributed by atoms with Crippen molar-refractivity contribution >= 4 is 23.3 Å². The molecule has 2 rings (SSSR count). The molecule has 1 saturated heterocycles. The highest BCUT2D eigenvalue weighted by atomic mass is 35.5.